The van der Waals surface area contributed by atoms with Crippen LogP contribution in [0.5, 0.6) is 0 Å². The Labute approximate surface area is 98.0 Å². The van der Waals surface area contributed by atoms with Crippen molar-refractivity contribution in [3.63, 3.8) is 0 Å². The fourth-order valence-electron chi connectivity index (χ4n) is 1.29. The highest BCUT2D eigenvalue weighted by Crippen LogP contribution is 2.20. The second kappa shape index (κ2) is 6.08. The quantitative estimate of drug-likeness (QED) is 0.889. The highest BCUT2D eigenvalue weighted by atomic mass is 79.9. The first-order valence-electron chi connectivity index (χ1n) is 4.88. The average molecular weight is 276 g/mol. The summed E-state index contributed by atoms with van der Waals surface area (Å²) in [4.78, 5) is 0. The van der Waals surface area contributed by atoms with Crippen molar-refractivity contribution in [3.8, 4) is 0 Å². The first kappa shape index (κ1) is 12.5. The SMILES string of the molecule is CCC(COC)Nc1ccc(Br)cc1F. The van der Waals surface area contributed by atoms with Gasteiger partial charge in [-0.25, -0.2) is 4.39 Å². The maximum absolute atomic E-state index is 13.5. The minimum atomic E-state index is -0.251. The maximum Gasteiger partial charge on any atom is 0.147 e. The molecule has 0 aliphatic rings. The summed E-state index contributed by atoms with van der Waals surface area (Å²) >= 11 is 3.22. The van der Waals surface area contributed by atoms with Crippen molar-refractivity contribution in [2.45, 2.75) is 19.4 Å². The molecule has 1 rings (SSSR count). The Morgan fingerprint density at radius 1 is 1.53 bits per heavy atom. The molecule has 0 spiro atoms. The second-order valence-corrected chi connectivity index (χ2v) is 4.24. The topological polar surface area (TPSA) is 21.3 Å². The van der Waals surface area contributed by atoms with E-state index in [1.165, 1.54) is 6.07 Å². The molecule has 1 atom stereocenters. The average Bonchev–Trinajstić information content (AvgIpc) is 2.21. The van der Waals surface area contributed by atoms with Gasteiger partial charge in [-0.15, -0.1) is 0 Å². The molecule has 0 fully saturated rings. The number of ether oxygens (including phenoxy) is 1. The Balaban J connectivity index is 2.70. The summed E-state index contributed by atoms with van der Waals surface area (Å²) in [6.45, 7) is 2.61. The lowest BCUT2D eigenvalue weighted by Crippen LogP contribution is -2.24. The molecule has 1 aromatic carbocycles. The Hall–Kier alpha value is -0.610. The third kappa shape index (κ3) is 3.80. The van der Waals surface area contributed by atoms with Crippen LogP contribution in [0.1, 0.15) is 13.3 Å². The van der Waals surface area contributed by atoms with E-state index in [0.29, 0.717) is 12.3 Å². The number of nitrogens with one attached hydrogen (secondary N) is 1. The van der Waals surface area contributed by atoms with Crippen LogP contribution in [0.3, 0.4) is 0 Å². The van der Waals surface area contributed by atoms with Crippen molar-refractivity contribution in [2.75, 3.05) is 19.0 Å². The Morgan fingerprint density at radius 2 is 2.27 bits per heavy atom. The Bertz CT molecular complexity index is 319. The number of hydrogen-bond acceptors (Lipinski definition) is 2. The molecule has 0 saturated heterocycles. The van der Waals surface area contributed by atoms with E-state index in [9.17, 15) is 4.39 Å². The summed E-state index contributed by atoms with van der Waals surface area (Å²) in [6, 6.07) is 5.12. The van der Waals surface area contributed by atoms with Crippen molar-refractivity contribution in [1.29, 1.82) is 0 Å². The van der Waals surface area contributed by atoms with Crippen LogP contribution >= 0.6 is 15.9 Å². The molecule has 0 aliphatic heterocycles. The van der Waals surface area contributed by atoms with Gasteiger partial charge in [0.2, 0.25) is 0 Å². The molecule has 0 bridgehead atoms. The predicted molar refractivity (Wildman–Crippen MR) is 63.7 cm³/mol. The molecule has 4 heteroatoms. The van der Waals surface area contributed by atoms with Gasteiger partial charge in [0.15, 0.2) is 0 Å². The van der Waals surface area contributed by atoms with Crippen LogP contribution in [-0.4, -0.2) is 19.8 Å². The molecule has 1 unspecified atom stereocenters. The molecule has 15 heavy (non-hydrogen) atoms. The fraction of sp³-hybridized carbons (Fsp3) is 0.455. The Morgan fingerprint density at radius 3 is 2.80 bits per heavy atom. The van der Waals surface area contributed by atoms with E-state index in [1.807, 2.05) is 13.0 Å². The highest BCUT2D eigenvalue weighted by Gasteiger charge is 2.08. The lowest BCUT2D eigenvalue weighted by atomic mass is 10.2. The van der Waals surface area contributed by atoms with E-state index in [2.05, 4.69) is 21.2 Å². The first-order chi connectivity index (χ1) is 7.17. The molecule has 1 aromatic rings. The van der Waals surface area contributed by atoms with Crippen LogP contribution in [-0.2, 0) is 4.74 Å². The predicted octanol–water partition coefficient (Wildman–Crippen LogP) is 3.43. The van der Waals surface area contributed by atoms with Crippen LogP contribution in [0.15, 0.2) is 22.7 Å². The Kier molecular flexibility index (Phi) is 5.05. The summed E-state index contributed by atoms with van der Waals surface area (Å²) in [7, 11) is 1.64. The molecule has 2 nitrogen and oxygen atoms in total. The number of rotatable bonds is 5. The largest absolute Gasteiger partial charge is 0.383 e. The lowest BCUT2D eigenvalue weighted by molar-refractivity contribution is 0.184. The summed E-state index contributed by atoms with van der Waals surface area (Å²) < 4.78 is 19.2. The van der Waals surface area contributed by atoms with Gasteiger partial charge >= 0.3 is 0 Å². The van der Waals surface area contributed by atoms with Crippen LogP contribution in [0, 0.1) is 5.82 Å². The molecule has 0 aromatic heterocycles. The third-order valence-corrected chi connectivity index (χ3v) is 2.64. The molecule has 1 N–H and O–H groups in total. The van der Waals surface area contributed by atoms with Crippen LogP contribution in [0.2, 0.25) is 0 Å². The van der Waals surface area contributed by atoms with Gasteiger partial charge in [-0.2, -0.15) is 0 Å². The van der Waals surface area contributed by atoms with Crippen LogP contribution in [0.4, 0.5) is 10.1 Å². The van der Waals surface area contributed by atoms with Gasteiger partial charge in [0.05, 0.1) is 12.3 Å². The standard InChI is InChI=1S/C11H15BrFNO/c1-3-9(7-15-2)14-11-5-4-8(12)6-10(11)13/h4-6,9,14H,3,7H2,1-2H3. The second-order valence-electron chi connectivity index (χ2n) is 3.33. The molecule has 0 heterocycles. The first-order valence-corrected chi connectivity index (χ1v) is 5.67. The van der Waals surface area contributed by atoms with E-state index >= 15 is 0 Å². The molecule has 0 radical (unpaired) electrons. The van der Waals surface area contributed by atoms with Crippen molar-refractivity contribution >= 4 is 21.6 Å². The van der Waals surface area contributed by atoms with Crippen molar-refractivity contribution in [2.24, 2.45) is 0 Å². The zero-order chi connectivity index (χ0) is 11.3. The summed E-state index contributed by atoms with van der Waals surface area (Å²) in [5, 5.41) is 3.10. The van der Waals surface area contributed by atoms with Crippen LogP contribution < -0.4 is 5.32 Å². The van der Waals surface area contributed by atoms with Gasteiger partial charge in [0.25, 0.3) is 0 Å². The number of hydrogen-bond donors (Lipinski definition) is 1. The van der Waals surface area contributed by atoms with Crippen molar-refractivity contribution in [3.05, 3.63) is 28.5 Å². The maximum atomic E-state index is 13.5. The normalized spacial score (nSPS) is 12.5. The summed E-state index contributed by atoms with van der Waals surface area (Å²) in [5.41, 5.74) is 0.516. The van der Waals surface area contributed by atoms with Gasteiger partial charge in [-0.1, -0.05) is 22.9 Å². The number of anilines is 1. The monoisotopic (exact) mass is 275 g/mol. The van der Waals surface area contributed by atoms with Gasteiger partial charge in [-0.05, 0) is 24.6 Å². The molecular formula is C11H15BrFNO. The number of methoxy groups -OCH3 is 1. The summed E-state index contributed by atoms with van der Waals surface area (Å²) in [5.74, 6) is -0.251. The van der Waals surface area contributed by atoms with E-state index in [4.69, 9.17) is 4.74 Å². The zero-order valence-electron chi connectivity index (χ0n) is 8.89. The molecular weight excluding hydrogens is 261 g/mol. The zero-order valence-corrected chi connectivity index (χ0v) is 10.5. The van der Waals surface area contributed by atoms with Crippen molar-refractivity contribution in [1.82, 2.24) is 0 Å². The molecule has 0 saturated carbocycles. The highest BCUT2D eigenvalue weighted by molar-refractivity contribution is 9.10. The lowest BCUT2D eigenvalue weighted by Gasteiger charge is -2.17. The van der Waals surface area contributed by atoms with Crippen molar-refractivity contribution < 1.29 is 9.13 Å². The smallest absolute Gasteiger partial charge is 0.147 e. The van der Waals surface area contributed by atoms with E-state index in [1.54, 1.807) is 13.2 Å². The molecule has 0 aliphatic carbocycles. The van der Waals surface area contributed by atoms with Crippen LogP contribution in [0.25, 0.3) is 0 Å². The number of halogens is 2. The van der Waals surface area contributed by atoms with Gasteiger partial charge in [0.1, 0.15) is 5.82 Å². The third-order valence-electron chi connectivity index (χ3n) is 2.15. The molecule has 84 valence electrons. The minimum absolute atomic E-state index is 0.144. The minimum Gasteiger partial charge on any atom is -0.383 e. The van der Waals surface area contributed by atoms with E-state index < -0.39 is 0 Å². The summed E-state index contributed by atoms with van der Waals surface area (Å²) in [6.07, 6.45) is 0.892. The van der Waals surface area contributed by atoms with E-state index in [-0.39, 0.29) is 11.9 Å². The van der Waals surface area contributed by atoms with E-state index in [0.717, 1.165) is 10.9 Å². The molecule has 0 amide bonds. The fourth-order valence-corrected chi connectivity index (χ4v) is 1.62. The van der Waals surface area contributed by atoms with Gasteiger partial charge in [0, 0.05) is 17.6 Å². The van der Waals surface area contributed by atoms with Gasteiger partial charge < -0.3 is 10.1 Å². The van der Waals surface area contributed by atoms with Gasteiger partial charge in [-0.3, -0.25) is 0 Å². The number of benzene rings is 1.